The van der Waals surface area contributed by atoms with Gasteiger partial charge in [-0.1, -0.05) is 36.3 Å². The van der Waals surface area contributed by atoms with Gasteiger partial charge in [-0.2, -0.15) is 8.42 Å². The highest BCUT2D eigenvalue weighted by atomic mass is 32.2. The van der Waals surface area contributed by atoms with Crippen molar-refractivity contribution >= 4 is 10.1 Å². The molecule has 0 N–H and O–H groups in total. The van der Waals surface area contributed by atoms with Crippen molar-refractivity contribution < 1.29 is 17.1 Å². The first-order chi connectivity index (χ1) is 8.99. The summed E-state index contributed by atoms with van der Waals surface area (Å²) in [5.74, 6) is 0.381. The average Bonchev–Trinajstić information content (AvgIpc) is 2.84. The molecule has 19 heavy (non-hydrogen) atoms. The molecule has 2 rings (SSSR count). The highest BCUT2D eigenvalue weighted by Gasteiger charge is 2.11. The van der Waals surface area contributed by atoms with E-state index in [4.69, 9.17) is 4.52 Å². The molecule has 0 spiro atoms. The lowest BCUT2D eigenvalue weighted by Gasteiger charge is -2.02. The van der Waals surface area contributed by atoms with E-state index in [1.807, 2.05) is 24.3 Å². The zero-order valence-corrected chi connectivity index (χ0v) is 11.6. The Morgan fingerprint density at radius 2 is 2.05 bits per heavy atom. The topological polar surface area (TPSA) is 69.4 Å². The van der Waals surface area contributed by atoms with Gasteiger partial charge in [0.1, 0.15) is 12.3 Å². The third-order valence-electron chi connectivity index (χ3n) is 2.65. The van der Waals surface area contributed by atoms with Gasteiger partial charge in [0.25, 0.3) is 10.1 Å². The average molecular weight is 281 g/mol. The molecule has 0 atom stereocenters. The lowest BCUT2D eigenvalue weighted by molar-refractivity contribution is 0.256. The van der Waals surface area contributed by atoms with Gasteiger partial charge in [0.05, 0.1) is 6.26 Å². The Hall–Kier alpha value is -1.66. The summed E-state index contributed by atoms with van der Waals surface area (Å²) >= 11 is 0. The molecule has 0 saturated heterocycles. The summed E-state index contributed by atoms with van der Waals surface area (Å²) in [5.41, 5.74) is 2.83. The van der Waals surface area contributed by atoms with Gasteiger partial charge in [0.15, 0.2) is 5.76 Å². The molecule has 0 aliphatic carbocycles. The van der Waals surface area contributed by atoms with E-state index in [1.165, 1.54) is 0 Å². The van der Waals surface area contributed by atoms with Crippen molar-refractivity contribution in [2.45, 2.75) is 20.0 Å². The fourth-order valence-electron chi connectivity index (χ4n) is 1.75. The second kappa shape index (κ2) is 5.54. The number of aryl methyl sites for hydroxylation is 1. The van der Waals surface area contributed by atoms with Crippen LogP contribution >= 0.6 is 0 Å². The molecule has 0 fully saturated rings. The zero-order valence-electron chi connectivity index (χ0n) is 10.8. The molecule has 0 radical (unpaired) electrons. The molecule has 0 aliphatic rings. The smallest absolute Gasteiger partial charge is 0.264 e. The van der Waals surface area contributed by atoms with E-state index in [0.717, 1.165) is 23.8 Å². The maximum atomic E-state index is 10.9. The van der Waals surface area contributed by atoms with Crippen LogP contribution < -0.4 is 0 Å². The molecule has 5 nitrogen and oxygen atoms in total. The minimum absolute atomic E-state index is 0.139. The summed E-state index contributed by atoms with van der Waals surface area (Å²) in [6, 6.07) is 9.57. The number of hydrogen-bond donors (Lipinski definition) is 0. The van der Waals surface area contributed by atoms with Crippen molar-refractivity contribution in [1.29, 1.82) is 0 Å². The van der Waals surface area contributed by atoms with E-state index in [-0.39, 0.29) is 6.61 Å². The second-order valence-electron chi connectivity index (χ2n) is 4.16. The normalized spacial score (nSPS) is 11.7. The molecule has 6 heteroatoms. The van der Waals surface area contributed by atoms with Crippen molar-refractivity contribution in [3.63, 3.8) is 0 Å². The Morgan fingerprint density at radius 3 is 2.74 bits per heavy atom. The highest BCUT2D eigenvalue weighted by Crippen LogP contribution is 2.24. The highest BCUT2D eigenvalue weighted by molar-refractivity contribution is 7.85. The van der Waals surface area contributed by atoms with Crippen LogP contribution in [0.1, 0.15) is 18.2 Å². The monoisotopic (exact) mass is 281 g/mol. The van der Waals surface area contributed by atoms with E-state index >= 15 is 0 Å². The van der Waals surface area contributed by atoms with Crippen LogP contribution in [0.25, 0.3) is 11.3 Å². The van der Waals surface area contributed by atoms with Crippen molar-refractivity contribution in [3.8, 4) is 11.3 Å². The second-order valence-corrected chi connectivity index (χ2v) is 5.80. The van der Waals surface area contributed by atoms with Crippen LogP contribution in [0.3, 0.4) is 0 Å². The van der Waals surface area contributed by atoms with Gasteiger partial charge in [0, 0.05) is 11.6 Å². The predicted molar refractivity (Wildman–Crippen MR) is 70.9 cm³/mol. The summed E-state index contributed by atoms with van der Waals surface area (Å²) < 4.78 is 31.5. The van der Waals surface area contributed by atoms with E-state index in [0.29, 0.717) is 11.5 Å². The summed E-state index contributed by atoms with van der Waals surface area (Å²) in [7, 11) is -3.48. The molecule has 2 aromatic rings. The molecule has 0 aliphatic heterocycles. The lowest BCUT2D eigenvalue weighted by Crippen LogP contribution is -2.01. The van der Waals surface area contributed by atoms with Crippen molar-refractivity contribution in [1.82, 2.24) is 5.16 Å². The zero-order chi connectivity index (χ0) is 13.9. The molecule has 1 heterocycles. The lowest BCUT2D eigenvalue weighted by atomic mass is 10.0. The first kappa shape index (κ1) is 13.8. The Kier molecular flexibility index (Phi) is 4.01. The third-order valence-corrected chi connectivity index (χ3v) is 3.19. The maximum Gasteiger partial charge on any atom is 0.264 e. The number of benzene rings is 1. The first-order valence-corrected chi connectivity index (χ1v) is 7.69. The summed E-state index contributed by atoms with van der Waals surface area (Å²) in [4.78, 5) is 0. The fourth-order valence-corrected chi connectivity index (χ4v) is 2.08. The number of aromatic nitrogens is 1. The molecular weight excluding hydrogens is 266 g/mol. The van der Waals surface area contributed by atoms with Crippen LogP contribution in [-0.2, 0) is 27.3 Å². The van der Waals surface area contributed by atoms with Gasteiger partial charge in [-0.05, 0) is 12.0 Å². The minimum atomic E-state index is -3.48. The molecule has 0 saturated carbocycles. The van der Waals surface area contributed by atoms with Gasteiger partial charge in [0.2, 0.25) is 0 Å². The van der Waals surface area contributed by atoms with Gasteiger partial charge in [-0.15, -0.1) is 0 Å². The van der Waals surface area contributed by atoms with Crippen LogP contribution in [-0.4, -0.2) is 19.8 Å². The SMILES string of the molecule is CCc1ccccc1-c1cc(COS(C)(=O)=O)on1. The van der Waals surface area contributed by atoms with Gasteiger partial charge in [-0.25, -0.2) is 0 Å². The Balaban J connectivity index is 2.21. The Bertz CT molecular complexity index is 661. The summed E-state index contributed by atoms with van der Waals surface area (Å²) in [5, 5.41) is 3.95. The van der Waals surface area contributed by atoms with Gasteiger partial charge >= 0.3 is 0 Å². The largest absolute Gasteiger partial charge is 0.358 e. The van der Waals surface area contributed by atoms with Crippen LogP contribution in [0, 0.1) is 0 Å². The first-order valence-electron chi connectivity index (χ1n) is 5.88. The number of hydrogen-bond acceptors (Lipinski definition) is 5. The molecular formula is C13H15NO4S. The van der Waals surface area contributed by atoms with Crippen LogP contribution in [0.2, 0.25) is 0 Å². The van der Waals surface area contributed by atoms with E-state index in [9.17, 15) is 8.42 Å². The van der Waals surface area contributed by atoms with E-state index in [1.54, 1.807) is 6.07 Å². The molecule has 0 amide bonds. The van der Waals surface area contributed by atoms with Crippen molar-refractivity contribution in [2.24, 2.45) is 0 Å². The third kappa shape index (κ3) is 3.65. The van der Waals surface area contributed by atoms with E-state index < -0.39 is 10.1 Å². The molecule has 1 aromatic heterocycles. The number of rotatable bonds is 5. The molecule has 0 bridgehead atoms. The Morgan fingerprint density at radius 1 is 1.32 bits per heavy atom. The predicted octanol–water partition coefficient (Wildman–Crippen LogP) is 2.38. The summed E-state index contributed by atoms with van der Waals surface area (Å²) in [6.07, 6.45) is 1.88. The molecule has 0 unspecified atom stereocenters. The van der Waals surface area contributed by atoms with Crippen LogP contribution in [0.4, 0.5) is 0 Å². The molecule has 102 valence electrons. The maximum absolute atomic E-state index is 10.9. The van der Waals surface area contributed by atoms with E-state index in [2.05, 4.69) is 16.3 Å². The minimum Gasteiger partial charge on any atom is -0.358 e. The quantitative estimate of drug-likeness (QED) is 0.787. The fraction of sp³-hybridized carbons (Fsp3) is 0.308. The standard InChI is InChI=1S/C13H15NO4S/c1-3-10-6-4-5-7-12(10)13-8-11(18-14-13)9-17-19(2,15)16/h4-8H,3,9H2,1-2H3. The van der Waals surface area contributed by atoms with Crippen LogP contribution in [0.5, 0.6) is 0 Å². The Labute approximate surface area is 112 Å². The van der Waals surface area contributed by atoms with Crippen LogP contribution in [0.15, 0.2) is 34.9 Å². The van der Waals surface area contributed by atoms with Gasteiger partial charge in [-0.3, -0.25) is 4.18 Å². The summed E-state index contributed by atoms with van der Waals surface area (Å²) in [6.45, 7) is 1.92. The number of nitrogens with zero attached hydrogens (tertiary/aromatic N) is 1. The van der Waals surface area contributed by atoms with Gasteiger partial charge < -0.3 is 4.52 Å². The molecule has 1 aromatic carbocycles. The van der Waals surface area contributed by atoms with Crippen molar-refractivity contribution in [3.05, 3.63) is 41.7 Å². The van der Waals surface area contributed by atoms with Crippen molar-refractivity contribution in [2.75, 3.05) is 6.26 Å².